The van der Waals surface area contributed by atoms with E-state index in [1.165, 1.54) is 6.08 Å². The highest BCUT2D eigenvalue weighted by molar-refractivity contribution is 6.02. The molecule has 3 aromatic rings. The predicted octanol–water partition coefficient (Wildman–Crippen LogP) is 1.83. The third-order valence-electron chi connectivity index (χ3n) is 5.40. The maximum atomic E-state index is 12.8. The number of anilines is 1. The van der Waals surface area contributed by atoms with E-state index in [0.717, 1.165) is 20.8 Å². The fourth-order valence-corrected chi connectivity index (χ4v) is 3.61. The van der Waals surface area contributed by atoms with Crippen molar-refractivity contribution in [3.63, 3.8) is 0 Å². The maximum Gasteiger partial charge on any atom is 0.332 e. The van der Waals surface area contributed by atoms with Gasteiger partial charge in [-0.15, -0.1) is 0 Å². The van der Waals surface area contributed by atoms with E-state index >= 15 is 0 Å². The molecular weight excluding hydrogens is 454 g/mol. The van der Waals surface area contributed by atoms with E-state index < -0.39 is 35.2 Å². The van der Waals surface area contributed by atoms with Crippen molar-refractivity contribution >= 4 is 23.6 Å². The summed E-state index contributed by atoms with van der Waals surface area (Å²) in [6, 6.07) is 14.2. The van der Waals surface area contributed by atoms with Crippen LogP contribution in [0.1, 0.15) is 28.4 Å². The van der Waals surface area contributed by atoms with E-state index in [4.69, 9.17) is 19.9 Å². The molecule has 1 aliphatic rings. The van der Waals surface area contributed by atoms with Crippen molar-refractivity contribution in [2.75, 3.05) is 19.1 Å². The standard InChI is InChI=1S/C25H23N3O7/c1-2-27-24(31)22(23(26)28(25(27)32)13-17-6-4-3-5-7-17)18(29)14-33-21(30)11-9-16-8-10-19-20(12-16)35-15-34-19/h3-12H,2,13-15,26H2,1H3. The number of Topliss-reactive ketones (excluding diaryl/α,β-unsaturated/α-hetero) is 1. The molecule has 0 aliphatic carbocycles. The van der Waals surface area contributed by atoms with Crippen molar-refractivity contribution in [2.45, 2.75) is 20.0 Å². The lowest BCUT2D eigenvalue weighted by atomic mass is 10.1. The monoisotopic (exact) mass is 477 g/mol. The molecule has 0 saturated carbocycles. The van der Waals surface area contributed by atoms with E-state index in [1.807, 2.05) is 6.07 Å². The molecule has 10 nitrogen and oxygen atoms in total. The van der Waals surface area contributed by atoms with Crippen LogP contribution in [0.5, 0.6) is 11.5 Å². The summed E-state index contributed by atoms with van der Waals surface area (Å²) < 4.78 is 17.6. The van der Waals surface area contributed by atoms with E-state index in [2.05, 4.69) is 0 Å². The topological polar surface area (TPSA) is 132 Å². The molecular formula is C25H23N3O7. The zero-order chi connectivity index (χ0) is 24.9. The summed E-state index contributed by atoms with van der Waals surface area (Å²) in [6.07, 6.45) is 2.64. The van der Waals surface area contributed by atoms with E-state index in [1.54, 1.807) is 49.4 Å². The van der Waals surface area contributed by atoms with Crippen LogP contribution in [-0.2, 0) is 22.6 Å². The fourth-order valence-electron chi connectivity index (χ4n) is 3.61. The Kier molecular flexibility index (Phi) is 6.81. The van der Waals surface area contributed by atoms with Gasteiger partial charge in [-0.2, -0.15) is 0 Å². The average molecular weight is 477 g/mol. The largest absolute Gasteiger partial charge is 0.454 e. The number of aromatic nitrogens is 2. The number of carbonyl (C=O) groups is 2. The summed E-state index contributed by atoms with van der Waals surface area (Å²) in [5.74, 6) is -0.696. The summed E-state index contributed by atoms with van der Waals surface area (Å²) in [5, 5.41) is 0. The summed E-state index contributed by atoms with van der Waals surface area (Å²) in [6.45, 7) is 1.15. The Balaban J connectivity index is 1.51. The SMILES string of the molecule is CCn1c(=O)c(C(=O)COC(=O)C=Cc2ccc3c(c2)OCO3)c(N)n(Cc2ccccc2)c1=O. The number of nitrogen functional groups attached to an aromatic ring is 1. The van der Waals surface area contributed by atoms with Gasteiger partial charge in [0.2, 0.25) is 12.6 Å². The highest BCUT2D eigenvalue weighted by atomic mass is 16.7. The molecule has 0 bridgehead atoms. The lowest BCUT2D eigenvalue weighted by Gasteiger charge is -2.15. The highest BCUT2D eigenvalue weighted by Gasteiger charge is 2.23. The molecule has 4 rings (SSSR count). The Labute approximate surface area is 199 Å². The second-order valence-corrected chi connectivity index (χ2v) is 7.64. The van der Waals surface area contributed by atoms with Crippen molar-refractivity contribution in [3.05, 3.63) is 92.1 Å². The van der Waals surface area contributed by atoms with Crippen molar-refractivity contribution in [1.82, 2.24) is 9.13 Å². The number of carbonyl (C=O) groups excluding carboxylic acids is 2. The number of esters is 1. The number of benzene rings is 2. The fraction of sp³-hybridized carbons (Fsp3) is 0.200. The normalized spacial score (nSPS) is 12.1. The van der Waals surface area contributed by atoms with Crippen LogP contribution in [0.3, 0.4) is 0 Å². The first-order valence-electron chi connectivity index (χ1n) is 10.8. The number of fused-ring (bicyclic) bond motifs is 1. The average Bonchev–Trinajstić information content (AvgIpc) is 3.33. The highest BCUT2D eigenvalue weighted by Crippen LogP contribution is 2.32. The number of ether oxygens (including phenoxy) is 3. The van der Waals surface area contributed by atoms with Gasteiger partial charge in [0, 0.05) is 12.6 Å². The number of nitrogens with zero attached hydrogens (tertiary/aromatic N) is 2. The minimum absolute atomic E-state index is 0.0467. The quantitative estimate of drug-likeness (QED) is 0.295. The first-order chi connectivity index (χ1) is 16.9. The van der Waals surface area contributed by atoms with Gasteiger partial charge in [-0.05, 0) is 36.3 Å². The van der Waals surface area contributed by atoms with E-state index in [9.17, 15) is 19.2 Å². The van der Waals surface area contributed by atoms with E-state index in [0.29, 0.717) is 17.1 Å². The molecule has 0 radical (unpaired) electrons. The molecule has 0 spiro atoms. The number of ketones is 1. The van der Waals surface area contributed by atoms with Crippen molar-refractivity contribution in [1.29, 1.82) is 0 Å². The summed E-state index contributed by atoms with van der Waals surface area (Å²) >= 11 is 0. The first-order valence-corrected chi connectivity index (χ1v) is 10.8. The Bertz CT molecular complexity index is 1420. The van der Waals surface area contributed by atoms with Gasteiger partial charge in [0.05, 0.1) is 6.54 Å². The van der Waals surface area contributed by atoms with Crippen molar-refractivity contribution < 1.29 is 23.8 Å². The van der Waals surface area contributed by atoms with Crippen molar-refractivity contribution in [3.8, 4) is 11.5 Å². The van der Waals surface area contributed by atoms with E-state index in [-0.39, 0.29) is 25.7 Å². The van der Waals surface area contributed by atoms with Crippen LogP contribution >= 0.6 is 0 Å². The van der Waals surface area contributed by atoms with Crippen molar-refractivity contribution in [2.24, 2.45) is 0 Å². The Morgan fingerprint density at radius 1 is 1.06 bits per heavy atom. The number of hydrogen-bond acceptors (Lipinski definition) is 8. The summed E-state index contributed by atoms with van der Waals surface area (Å²) in [4.78, 5) is 50.6. The van der Waals surface area contributed by atoms with Gasteiger partial charge in [-0.3, -0.25) is 18.7 Å². The lowest BCUT2D eigenvalue weighted by Crippen LogP contribution is -2.44. The molecule has 2 aromatic carbocycles. The van der Waals surface area contributed by atoms with Crippen LogP contribution in [0.4, 0.5) is 5.82 Å². The Hall–Kier alpha value is -4.60. The minimum Gasteiger partial charge on any atom is -0.454 e. The first kappa shape index (κ1) is 23.6. The molecule has 0 unspecified atom stereocenters. The minimum atomic E-state index is -0.823. The zero-order valence-corrected chi connectivity index (χ0v) is 18.9. The summed E-state index contributed by atoms with van der Waals surface area (Å²) in [7, 11) is 0. The van der Waals surface area contributed by atoms with Crippen LogP contribution in [-0.4, -0.2) is 34.3 Å². The van der Waals surface area contributed by atoms with Crippen LogP contribution in [0.2, 0.25) is 0 Å². The molecule has 0 fully saturated rings. The van der Waals surface area contributed by atoms with Crippen LogP contribution in [0, 0.1) is 0 Å². The van der Waals surface area contributed by atoms with Gasteiger partial charge in [0.15, 0.2) is 18.1 Å². The van der Waals surface area contributed by atoms with Crippen LogP contribution < -0.4 is 26.5 Å². The van der Waals surface area contributed by atoms with Gasteiger partial charge in [-0.25, -0.2) is 9.59 Å². The zero-order valence-electron chi connectivity index (χ0n) is 18.9. The smallest absolute Gasteiger partial charge is 0.332 e. The molecule has 2 heterocycles. The van der Waals surface area contributed by atoms with Gasteiger partial charge in [0.25, 0.3) is 5.56 Å². The van der Waals surface area contributed by atoms with Gasteiger partial charge >= 0.3 is 11.7 Å². The van der Waals surface area contributed by atoms with Gasteiger partial charge in [0.1, 0.15) is 11.4 Å². The number of rotatable bonds is 8. The third kappa shape index (κ3) is 5.01. The second kappa shape index (κ2) is 10.1. The molecule has 0 amide bonds. The third-order valence-corrected chi connectivity index (χ3v) is 5.40. The molecule has 1 aliphatic heterocycles. The molecule has 10 heteroatoms. The number of nitrogens with two attached hydrogens (primary N) is 1. The Morgan fingerprint density at radius 3 is 2.54 bits per heavy atom. The molecule has 35 heavy (non-hydrogen) atoms. The summed E-state index contributed by atoms with van der Waals surface area (Å²) in [5.41, 5.74) is 5.69. The maximum absolute atomic E-state index is 12.8. The predicted molar refractivity (Wildman–Crippen MR) is 127 cm³/mol. The molecule has 180 valence electrons. The van der Waals surface area contributed by atoms with Gasteiger partial charge in [-0.1, -0.05) is 36.4 Å². The molecule has 0 saturated heterocycles. The number of hydrogen-bond donors (Lipinski definition) is 1. The van der Waals surface area contributed by atoms with Crippen LogP contribution in [0.15, 0.2) is 64.2 Å². The Morgan fingerprint density at radius 2 is 1.80 bits per heavy atom. The lowest BCUT2D eigenvalue weighted by molar-refractivity contribution is -0.136. The molecule has 2 N–H and O–H groups in total. The molecule has 1 aromatic heterocycles. The van der Waals surface area contributed by atoms with Gasteiger partial charge < -0.3 is 19.9 Å². The molecule has 0 atom stereocenters. The second-order valence-electron chi connectivity index (χ2n) is 7.64. The van der Waals surface area contributed by atoms with Crippen LogP contribution in [0.25, 0.3) is 6.08 Å².